The Morgan fingerprint density at radius 3 is 2.07 bits per heavy atom. The summed E-state index contributed by atoms with van der Waals surface area (Å²) in [7, 11) is 0. The maximum atomic E-state index is 3.86. The molecule has 4 atom stereocenters. The topological polar surface area (TPSA) is 0 Å². The van der Waals surface area contributed by atoms with Crippen LogP contribution in [0.25, 0.3) is 0 Å². The molecule has 0 nitrogen and oxygen atoms in total. The monoisotopic (exact) mass is 266 g/mol. The molecule has 0 aliphatic heterocycles. The van der Waals surface area contributed by atoms with Gasteiger partial charge in [-0.05, 0) is 78.9 Å². The van der Waals surface area contributed by atoms with E-state index < -0.39 is 0 Å². The van der Waals surface area contributed by atoms with E-state index in [1.807, 2.05) is 0 Å². The van der Waals surface area contributed by atoms with Gasteiger partial charge in [0.15, 0.2) is 0 Å². The van der Waals surface area contributed by atoms with E-state index in [0.29, 0.717) is 0 Å². The largest absolute Gasteiger partial charge is 0.0922 e. The Balaban J connectivity index is 1.72. The van der Waals surface area contributed by atoms with E-state index in [1.54, 1.807) is 32.1 Å². The zero-order valence-electron chi connectivity index (χ0n) is 9.16. The second-order valence-corrected chi connectivity index (χ2v) is 7.88. The molecule has 0 spiro atoms. The molecule has 15 heavy (non-hydrogen) atoms. The molecule has 6 aliphatic rings. The van der Waals surface area contributed by atoms with Gasteiger partial charge in [-0.1, -0.05) is 15.9 Å². The van der Waals surface area contributed by atoms with Crippen LogP contribution in [0.5, 0.6) is 0 Å². The molecule has 0 N–H and O–H groups in total. The Hall–Kier alpha value is 0.480. The second-order valence-electron chi connectivity index (χ2n) is 7.32. The van der Waals surface area contributed by atoms with Gasteiger partial charge in [-0.3, -0.25) is 0 Å². The predicted molar refractivity (Wildman–Crippen MR) is 63.7 cm³/mol. The lowest BCUT2D eigenvalue weighted by atomic mass is 9.49. The standard InChI is InChI=1S/C14H19Br/c15-6-14-4-11-8-1-7-2-9(11)13(14)10(3-7)12(8)5-14/h7-13H,1-6H2. The molecular weight excluding hydrogens is 248 g/mol. The minimum absolute atomic E-state index is 0.788. The zero-order valence-corrected chi connectivity index (χ0v) is 10.7. The summed E-state index contributed by atoms with van der Waals surface area (Å²) in [5.74, 6) is 8.25. The fraction of sp³-hybridized carbons (Fsp3) is 1.00. The van der Waals surface area contributed by atoms with Crippen molar-refractivity contribution in [3.8, 4) is 0 Å². The molecule has 7 bridgehead atoms. The fourth-order valence-electron chi connectivity index (χ4n) is 7.24. The SMILES string of the molecule is BrCC12CC3C4CC5CC3C1C(C5)C4C2. The van der Waals surface area contributed by atoms with Crippen LogP contribution in [-0.2, 0) is 0 Å². The van der Waals surface area contributed by atoms with Crippen molar-refractivity contribution in [2.24, 2.45) is 46.8 Å². The number of hydrogen-bond donors (Lipinski definition) is 0. The van der Waals surface area contributed by atoms with Crippen LogP contribution in [0.4, 0.5) is 0 Å². The summed E-state index contributed by atoms with van der Waals surface area (Å²) in [6.45, 7) is 0. The Labute approximate surface area is 100 Å². The van der Waals surface area contributed by atoms with Crippen molar-refractivity contribution in [1.82, 2.24) is 0 Å². The molecule has 0 aromatic rings. The highest BCUT2D eigenvalue weighted by Gasteiger charge is 2.72. The Morgan fingerprint density at radius 1 is 0.867 bits per heavy atom. The van der Waals surface area contributed by atoms with Gasteiger partial charge in [0, 0.05) is 5.33 Å². The Morgan fingerprint density at radius 2 is 1.47 bits per heavy atom. The molecular formula is C14H19Br. The number of rotatable bonds is 1. The normalized spacial score (nSPS) is 72.2. The number of hydrogen-bond acceptors (Lipinski definition) is 0. The molecule has 6 saturated carbocycles. The molecule has 1 heteroatoms. The van der Waals surface area contributed by atoms with E-state index in [9.17, 15) is 0 Å². The lowest BCUT2D eigenvalue weighted by Gasteiger charge is -2.56. The first-order valence-electron chi connectivity index (χ1n) is 6.88. The summed E-state index contributed by atoms with van der Waals surface area (Å²) in [5, 5.41) is 1.32. The van der Waals surface area contributed by atoms with Crippen LogP contribution in [0.1, 0.15) is 32.1 Å². The first-order chi connectivity index (χ1) is 7.32. The Bertz CT molecular complexity index is 312. The summed E-state index contributed by atoms with van der Waals surface area (Å²) in [6, 6.07) is 0. The lowest BCUT2D eigenvalue weighted by Crippen LogP contribution is -2.49. The molecule has 0 aromatic carbocycles. The molecule has 6 aliphatic carbocycles. The van der Waals surface area contributed by atoms with Crippen LogP contribution in [0.15, 0.2) is 0 Å². The van der Waals surface area contributed by atoms with Crippen LogP contribution in [0.2, 0.25) is 0 Å². The minimum atomic E-state index is 0.788. The van der Waals surface area contributed by atoms with Crippen molar-refractivity contribution >= 4 is 15.9 Å². The Kier molecular flexibility index (Phi) is 1.34. The van der Waals surface area contributed by atoms with Gasteiger partial charge in [0.1, 0.15) is 0 Å². The van der Waals surface area contributed by atoms with Crippen LogP contribution in [0, 0.1) is 46.8 Å². The quantitative estimate of drug-likeness (QED) is 0.635. The van der Waals surface area contributed by atoms with E-state index in [-0.39, 0.29) is 0 Å². The van der Waals surface area contributed by atoms with E-state index >= 15 is 0 Å². The minimum Gasteiger partial charge on any atom is -0.0922 e. The zero-order chi connectivity index (χ0) is 9.78. The molecule has 4 unspecified atom stereocenters. The highest BCUT2D eigenvalue weighted by Crippen LogP contribution is 2.79. The van der Waals surface area contributed by atoms with Crippen molar-refractivity contribution in [2.45, 2.75) is 32.1 Å². The van der Waals surface area contributed by atoms with Crippen molar-refractivity contribution in [2.75, 3.05) is 5.33 Å². The highest BCUT2D eigenvalue weighted by molar-refractivity contribution is 9.09. The van der Waals surface area contributed by atoms with Gasteiger partial charge in [-0.15, -0.1) is 0 Å². The van der Waals surface area contributed by atoms with Crippen molar-refractivity contribution in [1.29, 1.82) is 0 Å². The molecule has 0 heterocycles. The summed E-state index contributed by atoms with van der Waals surface area (Å²) in [5.41, 5.74) is 0.788. The number of alkyl halides is 1. The predicted octanol–water partition coefficient (Wildman–Crippen LogP) is 3.70. The van der Waals surface area contributed by atoms with E-state index in [0.717, 1.165) is 11.3 Å². The average molecular weight is 267 g/mol. The fourth-order valence-corrected chi connectivity index (χ4v) is 8.08. The third-order valence-corrected chi connectivity index (χ3v) is 8.31. The van der Waals surface area contributed by atoms with Crippen LogP contribution in [0.3, 0.4) is 0 Å². The molecule has 0 amide bonds. The highest BCUT2D eigenvalue weighted by atomic mass is 79.9. The van der Waals surface area contributed by atoms with Gasteiger partial charge < -0.3 is 0 Å². The van der Waals surface area contributed by atoms with Crippen LogP contribution >= 0.6 is 15.9 Å². The van der Waals surface area contributed by atoms with E-state index in [1.165, 1.54) is 40.8 Å². The van der Waals surface area contributed by atoms with Crippen molar-refractivity contribution in [3.05, 3.63) is 0 Å². The maximum absolute atomic E-state index is 3.86. The molecule has 0 aromatic heterocycles. The van der Waals surface area contributed by atoms with E-state index in [2.05, 4.69) is 15.9 Å². The van der Waals surface area contributed by atoms with E-state index in [4.69, 9.17) is 0 Å². The van der Waals surface area contributed by atoms with Gasteiger partial charge in [0.05, 0.1) is 0 Å². The van der Waals surface area contributed by atoms with Crippen LogP contribution < -0.4 is 0 Å². The molecule has 0 radical (unpaired) electrons. The summed E-state index contributed by atoms with van der Waals surface area (Å²) in [4.78, 5) is 0. The lowest BCUT2D eigenvalue weighted by molar-refractivity contribution is -0.0766. The van der Waals surface area contributed by atoms with Crippen LogP contribution in [-0.4, -0.2) is 5.33 Å². The van der Waals surface area contributed by atoms with Gasteiger partial charge in [-0.25, -0.2) is 0 Å². The van der Waals surface area contributed by atoms with Crippen molar-refractivity contribution < 1.29 is 0 Å². The van der Waals surface area contributed by atoms with Gasteiger partial charge >= 0.3 is 0 Å². The second kappa shape index (κ2) is 2.35. The maximum Gasteiger partial charge on any atom is 0.00910 e. The summed E-state index contributed by atoms with van der Waals surface area (Å²) >= 11 is 3.86. The molecule has 0 saturated heterocycles. The first-order valence-corrected chi connectivity index (χ1v) is 8.00. The summed E-state index contributed by atoms with van der Waals surface area (Å²) in [6.07, 6.45) is 8.11. The van der Waals surface area contributed by atoms with Gasteiger partial charge in [0.25, 0.3) is 0 Å². The third-order valence-electron chi connectivity index (χ3n) is 7.20. The van der Waals surface area contributed by atoms with Crippen molar-refractivity contribution in [3.63, 3.8) is 0 Å². The molecule has 6 fully saturated rings. The number of halogens is 1. The van der Waals surface area contributed by atoms with Gasteiger partial charge in [0.2, 0.25) is 0 Å². The summed E-state index contributed by atoms with van der Waals surface area (Å²) < 4.78 is 0. The average Bonchev–Trinajstić information content (AvgIpc) is 2.73. The van der Waals surface area contributed by atoms with Gasteiger partial charge in [-0.2, -0.15) is 0 Å². The first kappa shape index (κ1) is 8.55. The molecule has 82 valence electrons. The third kappa shape index (κ3) is 0.733. The smallest absolute Gasteiger partial charge is 0.00910 e. The molecule has 6 rings (SSSR count).